The molecule has 2 N–H and O–H groups in total. The fourth-order valence-electron chi connectivity index (χ4n) is 2.05. The molecule has 1 aromatic heterocycles. The largest absolute Gasteiger partial charge is 0.481 e. The predicted octanol–water partition coefficient (Wildman–Crippen LogP) is 1.95. The lowest BCUT2D eigenvalue weighted by Gasteiger charge is -2.10. The molecular formula is C16H16N2O3. The number of carbonyl (C=O) groups is 2. The lowest BCUT2D eigenvalue weighted by molar-refractivity contribution is -0.136. The van der Waals surface area contributed by atoms with Gasteiger partial charge in [0.05, 0.1) is 6.42 Å². The first kappa shape index (κ1) is 14.7. The lowest BCUT2D eigenvalue weighted by Crippen LogP contribution is -2.25. The van der Waals surface area contributed by atoms with Gasteiger partial charge in [0.25, 0.3) is 5.91 Å². The van der Waals surface area contributed by atoms with Crippen LogP contribution >= 0.6 is 0 Å². The maximum Gasteiger partial charge on any atom is 0.307 e. The number of pyridine rings is 1. The Bertz CT molecular complexity index is 668. The number of nitrogens with one attached hydrogen (secondary N) is 1. The number of hydrogen-bond donors (Lipinski definition) is 2. The molecule has 0 saturated carbocycles. The van der Waals surface area contributed by atoms with Crippen LogP contribution in [-0.4, -0.2) is 22.0 Å². The molecule has 1 heterocycles. The van der Waals surface area contributed by atoms with Gasteiger partial charge in [-0.15, -0.1) is 0 Å². The number of carbonyl (C=O) groups excluding carboxylic acids is 1. The van der Waals surface area contributed by atoms with Gasteiger partial charge in [-0.1, -0.05) is 30.3 Å². The van der Waals surface area contributed by atoms with Crippen molar-refractivity contribution in [3.63, 3.8) is 0 Å². The molecular weight excluding hydrogens is 268 g/mol. The van der Waals surface area contributed by atoms with Crippen LogP contribution in [0.25, 0.3) is 0 Å². The third-order valence-electron chi connectivity index (χ3n) is 3.12. The standard InChI is InChI=1S/C16H16N2O3/c1-11-5-4-8-17-15(11)16(21)18-10-13-7-3-2-6-12(13)9-14(19)20/h2-8H,9-10H2,1H3,(H,18,21)(H,19,20). The van der Waals surface area contributed by atoms with E-state index in [2.05, 4.69) is 10.3 Å². The van der Waals surface area contributed by atoms with E-state index in [1.54, 1.807) is 24.4 Å². The molecule has 0 fully saturated rings. The minimum absolute atomic E-state index is 0.0609. The Hall–Kier alpha value is -2.69. The van der Waals surface area contributed by atoms with Crippen molar-refractivity contribution in [3.05, 3.63) is 65.0 Å². The number of hydrogen-bond acceptors (Lipinski definition) is 3. The van der Waals surface area contributed by atoms with Gasteiger partial charge in [-0.05, 0) is 29.7 Å². The molecule has 1 aromatic carbocycles. The maximum absolute atomic E-state index is 12.1. The molecule has 1 amide bonds. The second-order valence-corrected chi connectivity index (χ2v) is 4.69. The number of aromatic nitrogens is 1. The Balaban J connectivity index is 2.08. The van der Waals surface area contributed by atoms with Crippen molar-refractivity contribution in [1.82, 2.24) is 10.3 Å². The lowest BCUT2D eigenvalue weighted by atomic mass is 10.0. The number of aliphatic carboxylic acids is 1. The topological polar surface area (TPSA) is 79.3 Å². The van der Waals surface area contributed by atoms with Gasteiger partial charge in [-0.25, -0.2) is 0 Å². The molecule has 2 rings (SSSR count). The van der Waals surface area contributed by atoms with E-state index in [0.29, 0.717) is 11.3 Å². The highest BCUT2D eigenvalue weighted by atomic mass is 16.4. The van der Waals surface area contributed by atoms with Crippen LogP contribution in [0.15, 0.2) is 42.6 Å². The van der Waals surface area contributed by atoms with Crippen molar-refractivity contribution in [2.45, 2.75) is 19.9 Å². The minimum atomic E-state index is -0.894. The summed E-state index contributed by atoms with van der Waals surface area (Å²) in [7, 11) is 0. The summed E-state index contributed by atoms with van der Waals surface area (Å²) in [5.74, 6) is -1.16. The average Bonchev–Trinajstić information content (AvgIpc) is 2.46. The molecule has 0 unspecified atom stereocenters. The highest BCUT2D eigenvalue weighted by Gasteiger charge is 2.11. The summed E-state index contributed by atoms with van der Waals surface area (Å²) in [6, 6.07) is 10.8. The molecule has 0 spiro atoms. The monoisotopic (exact) mass is 284 g/mol. The van der Waals surface area contributed by atoms with Crippen LogP contribution in [0.2, 0.25) is 0 Å². The van der Waals surface area contributed by atoms with E-state index in [9.17, 15) is 9.59 Å². The van der Waals surface area contributed by atoms with E-state index in [1.807, 2.05) is 25.1 Å². The Kier molecular flexibility index (Phi) is 4.66. The average molecular weight is 284 g/mol. The van der Waals surface area contributed by atoms with Crippen molar-refractivity contribution in [2.24, 2.45) is 0 Å². The summed E-state index contributed by atoms with van der Waals surface area (Å²) in [5.41, 5.74) is 2.67. The van der Waals surface area contributed by atoms with Gasteiger partial charge in [0.1, 0.15) is 5.69 Å². The van der Waals surface area contributed by atoms with E-state index in [0.717, 1.165) is 11.1 Å². The summed E-state index contributed by atoms with van der Waals surface area (Å²) >= 11 is 0. The van der Waals surface area contributed by atoms with E-state index in [-0.39, 0.29) is 18.9 Å². The van der Waals surface area contributed by atoms with E-state index in [4.69, 9.17) is 5.11 Å². The summed E-state index contributed by atoms with van der Waals surface area (Å²) in [6.07, 6.45) is 1.51. The van der Waals surface area contributed by atoms with Crippen LogP contribution in [0.4, 0.5) is 0 Å². The molecule has 0 aliphatic rings. The molecule has 5 heteroatoms. The fraction of sp³-hybridized carbons (Fsp3) is 0.188. The molecule has 0 bridgehead atoms. The van der Waals surface area contributed by atoms with Gasteiger partial charge in [-0.3, -0.25) is 14.6 Å². The molecule has 108 valence electrons. The fourth-order valence-corrected chi connectivity index (χ4v) is 2.05. The second kappa shape index (κ2) is 6.65. The van der Waals surface area contributed by atoms with Crippen LogP contribution < -0.4 is 5.32 Å². The zero-order chi connectivity index (χ0) is 15.2. The number of amides is 1. The molecule has 2 aromatic rings. The van der Waals surface area contributed by atoms with Crippen LogP contribution in [0.3, 0.4) is 0 Å². The SMILES string of the molecule is Cc1cccnc1C(=O)NCc1ccccc1CC(=O)O. The molecule has 21 heavy (non-hydrogen) atoms. The van der Waals surface area contributed by atoms with Crippen molar-refractivity contribution in [2.75, 3.05) is 0 Å². The van der Waals surface area contributed by atoms with Crippen LogP contribution in [0.1, 0.15) is 27.2 Å². The number of benzene rings is 1. The number of nitrogens with zero attached hydrogens (tertiary/aromatic N) is 1. The highest BCUT2D eigenvalue weighted by molar-refractivity contribution is 5.93. The summed E-state index contributed by atoms with van der Waals surface area (Å²) in [5, 5.41) is 11.7. The van der Waals surface area contributed by atoms with Crippen molar-refractivity contribution < 1.29 is 14.7 Å². The van der Waals surface area contributed by atoms with E-state index < -0.39 is 5.97 Å². The third kappa shape index (κ3) is 3.89. The number of aryl methyl sites for hydroxylation is 1. The maximum atomic E-state index is 12.1. The zero-order valence-electron chi connectivity index (χ0n) is 11.7. The molecule has 0 aliphatic carbocycles. The normalized spacial score (nSPS) is 10.1. The van der Waals surface area contributed by atoms with Gasteiger partial charge < -0.3 is 10.4 Å². The summed E-state index contributed by atoms with van der Waals surface area (Å²) in [6.45, 7) is 2.10. The molecule has 0 saturated heterocycles. The first-order valence-corrected chi connectivity index (χ1v) is 6.56. The van der Waals surface area contributed by atoms with Gasteiger partial charge in [0.2, 0.25) is 0 Å². The number of rotatable bonds is 5. The molecule has 0 aliphatic heterocycles. The Morgan fingerprint density at radius 2 is 1.86 bits per heavy atom. The van der Waals surface area contributed by atoms with E-state index >= 15 is 0 Å². The minimum Gasteiger partial charge on any atom is -0.481 e. The van der Waals surface area contributed by atoms with Gasteiger partial charge >= 0.3 is 5.97 Å². The van der Waals surface area contributed by atoms with E-state index in [1.165, 1.54) is 0 Å². The van der Waals surface area contributed by atoms with Crippen molar-refractivity contribution in [1.29, 1.82) is 0 Å². The molecule has 0 radical (unpaired) electrons. The molecule has 5 nitrogen and oxygen atoms in total. The highest BCUT2D eigenvalue weighted by Crippen LogP contribution is 2.10. The predicted molar refractivity (Wildman–Crippen MR) is 77.9 cm³/mol. The van der Waals surface area contributed by atoms with Gasteiger partial charge in [0.15, 0.2) is 0 Å². The number of carboxylic acids is 1. The van der Waals surface area contributed by atoms with Crippen LogP contribution in [-0.2, 0) is 17.8 Å². The second-order valence-electron chi connectivity index (χ2n) is 4.69. The molecule has 0 atom stereocenters. The van der Waals surface area contributed by atoms with Crippen molar-refractivity contribution in [3.8, 4) is 0 Å². The summed E-state index contributed by atoms with van der Waals surface area (Å²) < 4.78 is 0. The van der Waals surface area contributed by atoms with Gasteiger partial charge in [-0.2, -0.15) is 0 Å². The Labute approximate surface area is 122 Å². The Morgan fingerprint density at radius 3 is 2.52 bits per heavy atom. The first-order valence-electron chi connectivity index (χ1n) is 6.56. The van der Waals surface area contributed by atoms with Gasteiger partial charge in [0, 0.05) is 12.7 Å². The number of carboxylic acid groups (broad SMARTS) is 1. The first-order chi connectivity index (χ1) is 10.1. The quantitative estimate of drug-likeness (QED) is 0.879. The van der Waals surface area contributed by atoms with Crippen LogP contribution in [0, 0.1) is 6.92 Å². The third-order valence-corrected chi connectivity index (χ3v) is 3.12. The Morgan fingerprint density at radius 1 is 1.14 bits per heavy atom. The van der Waals surface area contributed by atoms with Crippen LogP contribution in [0.5, 0.6) is 0 Å². The zero-order valence-corrected chi connectivity index (χ0v) is 11.7. The summed E-state index contributed by atoms with van der Waals surface area (Å²) in [4.78, 5) is 27.0. The van der Waals surface area contributed by atoms with Crippen molar-refractivity contribution >= 4 is 11.9 Å². The smallest absolute Gasteiger partial charge is 0.307 e.